The molecule has 6 nitrogen and oxygen atoms in total. The monoisotopic (exact) mass is 358 g/mol. The Morgan fingerprint density at radius 2 is 1.92 bits per heavy atom. The SMILES string of the molecule is CC(C(=O)O)N(C)C(=O)c1cc(N2CCCC2=O)cc(C(F)(F)F)c1. The largest absolute Gasteiger partial charge is 0.480 e. The van der Waals surface area contributed by atoms with E-state index in [4.69, 9.17) is 5.11 Å². The summed E-state index contributed by atoms with van der Waals surface area (Å²) in [6, 6.07) is 1.46. The number of amides is 2. The van der Waals surface area contributed by atoms with Crippen LogP contribution >= 0.6 is 0 Å². The van der Waals surface area contributed by atoms with Crippen LogP contribution in [0.4, 0.5) is 18.9 Å². The van der Waals surface area contributed by atoms with Gasteiger partial charge in [-0.3, -0.25) is 9.59 Å². The van der Waals surface area contributed by atoms with Crippen LogP contribution in [0.5, 0.6) is 0 Å². The van der Waals surface area contributed by atoms with Gasteiger partial charge in [-0.1, -0.05) is 0 Å². The van der Waals surface area contributed by atoms with Crippen molar-refractivity contribution < 1.29 is 32.7 Å². The lowest BCUT2D eigenvalue weighted by atomic mass is 10.1. The van der Waals surface area contributed by atoms with Crippen LogP contribution in [0.2, 0.25) is 0 Å². The number of alkyl halides is 3. The maximum Gasteiger partial charge on any atom is 0.416 e. The van der Waals surface area contributed by atoms with Gasteiger partial charge >= 0.3 is 12.1 Å². The Morgan fingerprint density at radius 3 is 2.40 bits per heavy atom. The zero-order valence-corrected chi connectivity index (χ0v) is 13.6. The van der Waals surface area contributed by atoms with E-state index in [9.17, 15) is 27.6 Å². The number of carboxylic acid groups (broad SMARTS) is 1. The molecule has 1 aromatic rings. The molecule has 0 saturated carbocycles. The van der Waals surface area contributed by atoms with Crippen molar-refractivity contribution in [1.82, 2.24) is 4.90 Å². The molecule has 1 heterocycles. The van der Waals surface area contributed by atoms with Crippen molar-refractivity contribution in [3.05, 3.63) is 29.3 Å². The standard InChI is InChI=1S/C16H17F3N2O4/c1-9(15(24)25)20(2)14(23)10-6-11(16(17,18)19)8-12(7-10)21-5-3-4-13(21)22/h6-9H,3-5H2,1-2H3,(H,24,25). The third kappa shape index (κ3) is 3.92. The molecule has 0 spiro atoms. The molecule has 1 aliphatic heterocycles. The Kier molecular flexibility index (Phi) is 5.05. The topological polar surface area (TPSA) is 77.9 Å². The molecule has 1 fully saturated rings. The highest BCUT2D eigenvalue weighted by Gasteiger charge is 2.34. The number of aliphatic carboxylic acids is 1. The zero-order chi connectivity index (χ0) is 18.9. The van der Waals surface area contributed by atoms with Crippen molar-refractivity contribution in [2.45, 2.75) is 32.0 Å². The molecule has 1 aliphatic rings. The van der Waals surface area contributed by atoms with Crippen molar-refractivity contribution in [3.8, 4) is 0 Å². The van der Waals surface area contributed by atoms with Crippen LogP contribution in [-0.4, -0.2) is 47.4 Å². The molecule has 1 saturated heterocycles. The third-order valence-electron chi connectivity index (χ3n) is 4.14. The van der Waals surface area contributed by atoms with Crippen molar-refractivity contribution in [2.75, 3.05) is 18.5 Å². The molecule has 1 unspecified atom stereocenters. The lowest BCUT2D eigenvalue weighted by Gasteiger charge is -2.24. The minimum atomic E-state index is -4.70. The van der Waals surface area contributed by atoms with Crippen molar-refractivity contribution in [2.24, 2.45) is 0 Å². The number of carbonyl (C=O) groups is 3. The normalized spacial score (nSPS) is 16.0. The fourth-order valence-corrected chi connectivity index (χ4v) is 2.52. The maximum absolute atomic E-state index is 13.2. The van der Waals surface area contributed by atoms with Gasteiger partial charge in [0, 0.05) is 31.3 Å². The maximum atomic E-state index is 13.2. The van der Waals surface area contributed by atoms with Crippen LogP contribution in [0.1, 0.15) is 35.7 Å². The number of hydrogen-bond donors (Lipinski definition) is 1. The number of carbonyl (C=O) groups excluding carboxylic acids is 2. The lowest BCUT2D eigenvalue weighted by molar-refractivity contribution is -0.141. The summed E-state index contributed by atoms with van der Waals surface area (Å²) in [5, 5.41) is 8.97. The average molecular weight is 358 g/mol. The van der Waals surface area contributed by atoms with Gasteiger partial charge in [-0.25, -0.2) is 4.79 Å². The first-order chi connectivity index (χ1) is 11.5. The van der Waals surface area contributed by atoms with Crippen LogP contribution in [0.3, 0.4) is 0 Å². The van der Waals surface area contributed by atoms with E-state index in [1.165, 1.54) is 24.9 Å². The number of benzene rings is 1. The van der Waals surface area contributed by atoms with Crippen molar-refractivity contribution in [1.29, 1.82) is 0 Å². The molecule has 136 valence electrons. The highest BCUT2D eigenvalue weighted by Crippen LogP contribution is 2.34. The van der Waals surface area contributed by atoms with E-state index in [0.29, 0.717) is 12.5 Å². The van der Waals surface area contributed by atoms with E-state index in [2.05, 4.69) is 0 Å². The van der Waals surface area contributed by atoms with Gasteiger partial charge in [-0.15, -0.1) is 0 Å². The lowest BCUT2D eigenvalue weighted by Crippen LogP contribution is -2.40. The molecule has 1 aromatic carbocycles. The minimum absolute atomic E-state index is 0.0166. The van der Waals surface area contributed by atoms with Crippen LogP contribution in [-0.2, 0) is 15.8 Å². The smallest absolute Gasteiger partial charge is 0.416 e. The second-order valence-electron chi connectivity index (χ2n) is 5.85. The number of nitrogens with zero attached hydrogens (tertiary/aromatic N) is 2. The van der Waals surface area contributed by atoms with Gasteiger partial charge in [0.25, 0.3) is 5.91 Å². The third-order valence-corrected chi connectivity index (χ3v) is 4.14. The van der Waals surface area contributed by atoms with Gasteiger partial charge in [-0.05, 0) is 31.5 Å². The summed E-state index contributed by atoms with van der Waals surface area (Å²) in [6.45, 7) is 1.52. The van der Waals surface area contributed by atoms with Gasteiger partial charge in [0.2, 0.25) is 5.91 Å². The van der Waals surface area contributed by atoms with E-state index in [0.717, 1.165) is 11.0 Å². The van der Waals surface area contributed by atoms with Crippen LogP contribution < -0.4 is 4.90 Å². The first kappa shape index (κ1) is 18.8. The second kappa shape index (κ2) is 6.73. The first-order valence-electron chi connectivity index (χ1n) is 7.55. The van der Waals surface area contributed by atoms with E-state index >= 15 is 0 Å². The fourth-order valence-electron chi connectivity index (χ4n) is 2.52. The minimum Gasteiger partial charge on any atom is -0.480 e. The number of halogens is 3. The molecule has 0 aliphatic carbocycles. The summed E-state index contributed by atoms with van der Waals surface area (Å²) in [5.41, 5.74) is -1.40. The highest BCUT2D eigenvalue weighted by atomic mass is 19.4. The van der Waals surface area contributed by atoms with E-state index in [1.807, 2.05) is 0 Å². The van der Waals surface area contributed by atoms with Gasteiger partial charge in [-0.2, -0.15) is 13.2 Å². The summed E-state index contributed by atoms with van der Waals surface area (Å²) < 4.78 is 39.5. The van der Waals surface area contributed by atoms with Gasteiger partial charge < -0.3 is 14.9 Å². The van der Waals surface area contributed by atoms with Crippen molar-refractivity contribution in [3.63, 3.8) is 0 Å². The van der Waals surface area contributed by atoms with E-state index < -0.39 is 29.7 Å². The Bertz CT molecular complexity index is 718. The molecule has 0 aromatic heterocycles. The predicted octanol–water partition coefficient (Wildman–Crippen LogP) is 2.38. The number of rotatable bonds is 4. The number of hydrogen-bond acceptors (Lipinski definition) is 3. The second-order valence-corrected chi connectivity index (χ2v) is 5.85. The quantitative estimate of drug-likeness (QED) is 0.896. The van der Waals surface area contributed by atoms with Crippen LogP contribution in [0.25, 0.3) is 0 Å². The number of likely N-dealkylation sites (N-methyl/N-ethyl adjacent to an activating group) is 1. The molecular weight excluding hydrogens is 341 g/mol. The Morgan fingerprint density at radius 1 is 1.28 bits per heavy atom. The van der Waals surface area contributed by atoms with E-state index in [1.54, 1.807) is 0 Å². The molecular formula is C16H17F3N2O4. The Labute approximate surface area is 141 Å². The van der Waals surface area contributed by atoms with Gasteiger partial charge in [0.15, 0.2) is 0 Å². The molecule has 0 bridgehead atoms. The average Bonchev–Trinajstić information content (AvgIpc) is 2.97. The summed E-state index contributed by atoms with van der Waals surface area (Å²) in [5.74, 6) is -2.46. The first-order valence-corrected chi connectivity index (χ1v) is 7.55. The number of carboxylic acids is 1. The summed E-state index contributed by atoms with van der Waals surface area (Å²) in [6.07, 6.45) is -3.95. The fraction of sp³-hybridized carbons (Fsp3) is 0.438. The zero-order valence-electron chi connectivity index (χ0n) is 13.6. The summed E-state index contributed by atoms with van der Waals surface area (Å²) in [4.78, 5) is 37.3. The predicted molar refractivity (Wildman–Crippen MR) is 82.2 cm³/mol. The van der Waals surface area contributed by atoms with Crippen LogP contribution in [0.15, 0.2) is 18.2 Å². The number of anilines is 1. The van der Waals surface area contributed by atoms with E-state index in [-0.39, 0.29) is 30.1 Å². The van der Waals surface area contributed by atoms with Gasteiger partial charge in [0.1, 0.15) is 6.04 Å². The van der Waals surface area contributed by atoms with Gasteiger partial charge in [0.05, 0.1) is 5.56 Å². The summed E-state index contributed by atoms with van der Waals surface area (Å²) in [7, 11) is 1.20. The molecule has 0 radical (unpaired) electrons. The van der Waals surface area contributed by atoms with Crippen LogP contribution in [0, 0.1) is 0 Å². The van der Waals surface area contributed by atoms with Crippen molar-refractivity contribution >= 4 is 23.5 Å². The molecule has 1 N–H and O–H groups in total. The summed E-state index contributed by atoms with van der Waals surface area (Å²) >= 11 is 0. The highest BCUT2D eigenvalue weighted by molar-refractivity contribution is 6.00. The Hall–Kier alpha value is -2.58. The molecule has 9 heteroatoms. The molecule has 1 atom stereocenters. The molecule has 25 heavy (non-hydrogen) atoms. The molecule has 2 rings (SSSR count). The Balaban J connectivity index is 2.48. The molecule has 2 amide bonds.